The van der Waals surface area contributed by atoms with E-state index in [1.54, 1.807) is 0 Å². The quantitative estimate of drug-likeness (QED) is 0.0455. The number of carbonyl (C=O) groups excluding carboxylic acids is 2. The Morgan fingerprint density at radius 2 is 0.393 bits per heavy atom. The van der Waals surface area contributed by atoms with Gasteiger partial charge in [0.2, 0.25) is 0 Å². The van der Waals surface area contributed by atoms with Crippen molar-refractivity contribution in [1.82, 2.24) is 0 Å². The number of esters is 2. The average Bonchev–Trinajstić information content (AvgIpc) is 3.20. The zero-order chi connectivity index (χ0) is 40.5. The standard InChI is InChI=1S/C52H102O4/c1-3-5-7-9-11-13-15-17-25-29-33-37-41-45-49-55-51(53)47-43-39-35-31-27-23-21-19-20-22-24-28-32-36-40-44-48-52(54)56-50-46-42-38-34-30-26-18-16-14-12-10-8-6-4-2/h3-50H2,1-2H3. The molecule has 0 rings (SSSR count). The average molecular weight is 791 g/mol. The molecule has 0 radical (unpaired) electrons. The van der Waals surface area contributed by atoms with Gasteiger partial charge >= 0.3 is 11.9 Å². The van der Waals surface area contributed by atoms with Crippen LogP contribution in [0.4, 0.5) is 0 Å². The molecular weight excluding hydrogens is 689 g/mol. The SMILES string of the molecule is CCCCCCCCCCCCCCCCOC(=O)CCCCCCCCCCCCCCCCCCC(=O)OCCCCCCCCCCCCCCCC. The van der Waals surface area contributed by atoms with Crippen molar-refractivity contribution in [1.29, 1.82) is 0 Å². The van der Waals surface area contributed by atoms with Crippen molar-refractivity contribution in [3.05, 3.63) is 0 Å². The van der Waals surface area contributed by atoms with Gasteiger partial charge in [-0.2, -0.15) is 0 Å². The van der Waals surface area contributed by atoms with Gasteiger partial charge in [-0.15, -0.1) is 0 Å². The van der Waals surface area contributed by atoms with E-state index in [1.165, 1.54) is 244 Å². The van der Waals surface area contributed by atoms with Crippen molar-refractivity contribution in [2.24, 2.45) is 0 Å². The largest absolute Gasteiger partial charge is 0.466 e. The fraction of sp³-hybridized carbons (Fsp3) is 0.962. The molecule has 0 heterocycles. The Morgan fingerprint density at radius 1 is 0.232 bits per heavy atom. The Kier molecular flexibility index (Phi) is 49.1. The molecule has 0 fully saturated rings. The van der Waals surface area contributed by atoms with Crippen molar-refractivity contribution < 1.29 is 19.1 Å². The van der Waals surface area contributed by atoms with Crippen LogP contribution in [0.5, 0.6) is 0 Å². The molecule has 0 aromatic heterocycles. The first-order valence-corrected chi connectivity index (χ1v) is 26.0. The molecule has 0 aromatic rings. The summed E-state index contributed by atoms with van der Waals surface area (Å²) in [6.45, 7) is 5.82. The van der Waals surface area contributed by atoms with Gasteiger partial charge in [0.05, 0.1) is 13.2 Å². The van der Waals surface area contributed by atoms with Crippen molar-refractivity contribution >= 4 is 11.9 Å². The Bertz CT molecular complexity index is 689. The van der Waals surface area contributed by atoms with Crippen molar-refractivity contribution in [2.45, 2.75) is 309 Å². The second kappa shape index (κ2) is 50.1. The predicted octanol–water partition coefficient (Wildman–Crippen LogP) is 18.1. The van der Waals surface area contributed by atoms with E-state index in [0.717, 1.165) is 38.5 Å². The Hall–Kier alpha value is -1.06. The van der Waals surface area contributed by atoms with Gasteiger partial charge in [-0.25, -0.2) is 0 Å². The monoisotopic (exact) mass is 791 g/mol. The minimum atomic E-state index is 0.0159. The van der Waals surface area contributed by atoms with Crippen LogP contribution in [0.25, 0.3) is 0 Å². The van der Waals surface area contributed by atoms with Crippen LogP contribution < -0.4 is 0 Å². The number of hydrogen-bond donors (Lipinski definition) is 0. The van der Waals surface area contributed by atoms with E-state index in [2.05, 4.69) is 13.8 Å². The first-order valence-electron chi connectivity index (χ1n) is 26.0. The van der Waals surface area contributed by atoms with Crippen LogP contribution in [0.2, 0.25) is 0 Å². The Balaban J connectivity index is 3.20. The molecule has 56 heavy (non-hydrogen) atoms. The van der Waals surface area contributed by atoms with Crippen LogP contribution in [0.15, 0.2) is 0 Å². The van der Waals surface area contributed by atoms with Gasteiger partial charge in [-0.1, -0.05) is 271 Å². The van der Waals surface area contributed by atoms with E-state index in [-0.39, 0.29) is 11.9 Å². The summed E-state index contributed by atoms with van der Waals surface area (Å²) in [6, 6.07) is 0. The van der Waals surface area contributed by atoms with Gasteiger partial charge in [-0.3, -0.25) is 9.59 Å². The van der Waals surface area contributed by atoms with Crippen molar-refractivity contribution in [3.63, 3.8) is 0 Å². The second-order valence-electron chi connectivity index (χ2n) is 17.8. The fourth-order valence-corrected chi connectivity index (χ4v) is 8.12. The molecule has 0 unspecified atom stereocenters. The molecule has 334 valence electrons. The highest BCUT2D eigenvalue weighted by molar-refractivity contribution is 5.69. The van der Waals surface area contributed by atoms with Gasteiger partial charge in [0.25, 0.3) is 0 Å². The predicted molar refractivity (Wildman–Crippen MR) is 246 cm³/mol. The molecule has 0 bridgehead atoms. The Labute approximate surface area is 352 Å². The molecule has 4 heteroatoms. The summed E-state index contributed by atoms with van der Waals surface area (Å²) in [4.78, 5) is 24.0. The lowest BCUT2D eigenvalue weighted by molar-refractivity contribution is -0.144. The van der Waals surface area contributed by atoms with E-state index < -0.39 is 0 Å². The van der Waals surface area contributed by atoms with E-state index in [0.29, 0.717) is 26.1 Å². The topological polar surface area (TPSA) is 52.6 Å². The minimum Gasteiger partial charge on any atom is -0.466 e. The van der Waals surface area contributed by atoms with Crippen LogP contribution in [0.3, 0.4) is 0 Å². The number of hydrogen-bond acceptors (Lipinski definition) is 4. The summed E-state index contributed by atoms with van der Waals surface area (Å²) in [5.74, 6) is 0.0318. The second-order valence-corrected chi connectivity index (χ2v) is 17.8. The number of rotatable bonds is 49. The van der Waals surface area contributed by atoms with Crippen LogP contribution in [0, 0.1) is 0 Å². The zero-order valence-corrected chi connectivity index (χ0v) is 38.6. The third kappa shape index (κ3) is 49.1. The summed E-state index contributed by atoms with van der Waals surface area (Å²) in [5, 5.41) is 0. The first kappa shape index (κ1) is 54.9. The molecule has 0 N–H and O–H groups in total. The highest BCUT2D eigenvalue weighted by Gasteiger charge is 2.04. The van der Waals surface area contributed by atoms with E-state index in [4.69, 9.17) is 9.47 Å². The van der Waals surface area contributed by atoms with Crippen molar-refractivity contribution in [2.75, 3.05) is 13.2 Å². The molecule has 4 nitrogen and oxygen atoms in total. The molecule has 0 aliphatic rings. The van der Waals surface area contributed by atoms with E-state index >= 15 is 0 Å². The van der Waals surface area contributed by atoms with E-state index in [1.807, 2.05) is 0 Å². The normalized spacial score (nSPS) is 11.4. The minimum absolute atomic E-state index is 0.0159. The number of unbranched alkanes of at least 4 members (excludes halogenated alkanes) is 41. The lowest BCUT2D eigenvalue weighted by Crippen LogP contribution is -2.05. The summed E-state index contributed by atoms with van der Waals surface area (Å²) in [7, 11) is 0. The molecule has 0 aromatic carbocycles. The number of ether oxygens (including phenoxy) is 2. The third-order valence-corrected chi connectivity index (χ3v) is 12.0. The Morgan fingerprint density at radius 3 is 0.589 bits per heavy atom. The van der Waals surface area contributed by atoms with Crippen LogP contribution >= 0.6 is 0 Å². The maximum Gasteiger partial charge on any atom is 0.305 e. The molecule has 0 aliphatic heterocycles. The lowest BCUT2D eigenvalue weighted by atomic mass is 10.0. The molecule has 0 saturated carbocycles. The molecule has 0 aliphatic carbocycles. The smallest absolute Gasteiger partial charge is 0.305 e. The summed E-state index contributed by atoms with van der Waals surface area (Å²) in [5.41, 5.74) is 0. The van der Waals surface area contributed by atoms with Crippen molar-refractivity contribution in [3.8, 4) is 0 Å². The third-order valence-electron chi connectivity index (χ3n) is 12.0. The summed E-state index contributed by atoms with van der Waals surface area (Å²) >= 11 is 0. The van der Waals surface area contributed by atoms with Gasteiger partial charge in [0, 0.05) is 12.8 Å². The number of carbonyl (C=O) groups is 2. The first-order chi connectivity index (χ1) is 27.7. The molecule has 0 saturated heterocycles. The zero-order valence-electron chi connectivity index (χ0n) is 38.6. The molecule has 0 atom stereocenters. The van der Waals surface area contributed by atoms with E-state index in [9.17, 15) is 9.59 Å². The van der Waals surface area contributed by atoms with Crippen LogP contribution in [0.1, 0.15) is 309 Å². The molecule has 0 amide bonds. The maximum absolute atomic E-state index is 12.0. The fourth-order valence-electron chi connectivity index (χ4n) is 8.12. The van der Waals surface area contributed by atoms with Gasteiger partial charge < -0.3 is 9.47 Å². The highest BCUT2D eigenvalue weighted by atomic mass is 16.5. The van der Waals surface area contributed by atoms with Gasteiger partial charge in [-0.05, 0) is 25.7 Å². The molecular formula is C52H102O4. The van der Waals surface area contributed by atoms with Crippen LogP contribution in [-0.2, 0) is 19.1 Å². The van der Waals surface area contributed by atoms with Gasteiger partial charge in [0.1, 0.15) is 0 Å². The van der Waals surface area contributed by atoms with Gasteiger partial charge in [0.15, 0.2) is 0 Å². The summed E-state index contributed by atoms with van der Waals surface area (Å²) in [6.07, 6.45) is 59.5. The molecule has 0 spiro atoms. The summed E-state index contributed by atoms with van der Waals surface area (Å²) < 4.78 is 10.9. The highest BCUT2D eigenvalue weighted by Crippen LogP contribution is 2.17. The van der Waals surface area contributed by atoms with Crippen LogP contribution in [-0.4, -0.2) is 25.2 Å². The maximum atomic E-state index is 12.0. The lowest BCUT2D eigenvalue weighted by Gasteiger charge is -2.06.